The molecule has 0 aliphatic heterocycles. The van der Waals surface area contributed by atoms with Gasteiger partial charge in [0.05, 0.1) is 17.1 Å². The lowest BCUT2D eigenvalue weighted by Gasteiger charge is -2.09. The van der Waals surface area contributed by atoms with Gasteiger partial charge in [-0.1, -0.05) is 23.7 Å². The van der Waals surface area contributed by atoms with E-state index in [1.165, 1.54) is 43.5 Å². The average molecular weight is 561 g/mol. The number of nitrogens with one attached hydrogen (secondary N) is 3. The third-order valence-corrected chi connectivity index (χ3v) is 6.64. The monoisotopic (exact) mass is 560 g/mol. The second-order valence-electron chi connectivity index (χ2n) is 7.79. The van der Waals surface area contributed by atoms with Gasteiger partial charge in [-0.15, -0.1) is 0 Å². The number of nitrogens with zero attached hydrogens (tertiary/aromatic N) is 1. The minimum absolute atomic E-state index is 0.0719. The first-order valence-electron chi connectivity index (χ1n) is 11.3. The maximum absolute atomic E-state index is 12.6. The van der Waals surface area contributed by atoms with Crippen LogP contribution in [0.1, 0.15) is 26.3 Å². The Morgan fingerprint density at radius 2 is 1.55 bits per heavy atom. The summed E-state index contributed by atoms with van der Waals surface area (Å²) in [6.45, 7) is 0.924. The van der Waals surface area contributed by atoms with Crippen LogP contribution in [-0.2, 0) is 21.2 Å². The van der Waals surface area contributed by atoms with E-state index in [1.54, 1.807) is 12.1 Å². The Kier molecular flexibility index (Phi) is 10.2. The zero-order valence-electron chi connectivity index (χ0n) is 20.3. The molecule has 3 aromatic rings. The molecule has 38 heavy (non-hydrogen) atoms. The number of pyridine rings is 1. The number of benzene rings is 2. The molecule has 0 saturated heterocycles. The molecule has 0 unspecified atom stereocenters. The van der Waals surface area contributed by atoms with Crippen LogP contribution < -0.4 is 20.1 Å². The molecule has 1 heterocycles. The first-order chi connectivity index (χ1) is 18.2. The number of sulfonamides is 1. The fraction of sp³-hybridized carbons (Fsp3) is 0.200. The Labute approximate surface area is 224 Å². The van der Waals surface area contributed by atoms with Gasteiger partial charge in [-0.05, 0) is 54.4 Å². The van der Waals surface area contributed by atoms with Gasteiger partial charge < -0.3 is 20.1 Å². The number of methoxy groups -OCH3 is 1. The quantitative estimate of drug-likeness (QED) is 0.302. The van der Waals surface area contributed by atoms with Gasteiger partial charge in [0.15, 0.2) is 0 Å². The number of amides is 3. The molecule has 2 aromatic carbocycles. The Bertz CT molecular complexity index is 1360. The molecule has 3 amide bonds. The van der Waals surface area contributed by atoms with E-state index in [1.807, 2.05) is 16.9 Å². The van der Waals surface area contributed by atoms with Crippen LogP contribution >= 0.6 is 11.6 Å². The molecule has 0 radical (unpaired) electrons. The van der Waals surface area contributed by atoms with E-state index in [0.29, 0.717) is 24.6 Å². The Morgan fingerprint density at radius 1 is 0.868 bits per heavy atom. The summed E-state index contributed by atoms with van der Waals surface area (Å²) < 4.78 is 37.0. The lowest BCUT2D eigenvalue weighted by Crippen LogP contribution is -2.31. The van der Waals surface area contributed by atoms with Crippen molar-refractivity contribution >= 4 is 39.5 Å². The van der Waals surface area contributed by atoms with Gasteiger partial charge >= 0.3 is 6.09 Å². The van der Waals surface area contributed by atoms with Gasteiger partial charge in [0.2, 0.25) is 5.88 Å². The number of hydrogen-bond acceptors (Lipinski definition) is 8. The van der Waals surface area contributed by atoms with Crippen LogP contribution in [0.15, 0.2) is 71.8 Å². The van der Waals surface area contributed by atoms with Crippen LogP contribution in [-0.4, -0.2) is 58.1 Å². The van der Waals surface area contributed by atoms with Crippen LogP contribution in [0.2, 0.25) is 5.02 Å². The van der Waals surface area contributed by atoms with E-state index in [0.717, 1.165) is 11.8 Å². The summed E-state index contributed by atoms with van der Waals surface area (Å²) in [6, 6.07) is 14.9. The first-order valence-corrected chi connectivity index (χ1v) is 13.1. The molecule has 3 rings (SSSR count). The van der Waals surface area contributed by atoms with Crippen molar-refractivity contribution in [2.24, 2.45) is 0 Å². The highest BCUT2D eigenvalue weighted by Crippen LogP contribution is 2.13. The van der Waals surface area contributed by atoms with Crippen LogP contribution in [0.3, 0.4) is 0 Å². The zero-order chi connectivity index (χ0) is 27.5. The summed E-state index contributed by atoms with van der Waals surface area (Å²) in [7, 11) is -2.74. The van der Waals surface area contributed by atoms with Gasteiger partial charge in [0, 0.05) is 43.0 Å². The summed E-state index contributed by atoms with van der Waals surface area (Å²) in [5, 5.41) is 5.83. The molecule has 0 spiro atoms. The number of hydrogen-bond donors (Lipinski definition) is 3. The third kappa shape index (κ3) is 8.54. The van der Waals surface area contributed by atoms with Crippen molar-refractivity contribution in [1.82, 2.24) is 20.3 Å². The predicted octanol–water partition coefficient (Wildman–Crippen LogP) is 2.56. The molecule has 11 nitrogen and oxygen atoms in total. The van der Waals surface area contributed by atoms with E-state index < -0.39 is 22.0 Å². The van der Waals surface area contributed by atoms with Gasteiger partial charge in [-0.3, -0.25) is 9.59 Å². The SMILES string of the molecule is COCCNC(=O)Oc1ccc(C(=O)NS(=O)(=O)c2ccc(C(=O)NCCc3ccc(Cl)cc3)cc2)cn1. The molecule has 0 aliphatic carbocycles. The molecule has 200 valence electrons. The van der Waals surface area contributed by atoms with Crippen molar-refractivity contribution in [3.05, 3.63) is 88.6 Å². The smallest absolute Gasteiger partial charge is 0.391 e. The van der Waals surface area contributed by atoms with E-state index in [4.69, 9.17) is 21.1 Å². The minimum Gasteiger partial charge on any atom is -0.391 e. The van der Waals surface area contributed by atoms with Crippen molar-refractivity contribution < 1.29 is 32.3 Å². The molecular formula is C25H25ClN4O7S. The minimum atomic E-state index is -4.23. The number of halogens is 1. The Morgan fingerprint density at radius 3 is 2.18 bits per heavy atom. The fourth-order valence-corrected chi connectivity index (χ4v) is 4.16. The maximum atomic E-state index is 12.6. The Balaban J connectivity index is 1.52. The van der Waals surface area contributed by atoms with Crippen LogP contribution in [0.4, 0.5) is 4.79 Å². The number of ether oxygens (including phenoxy) is 2. The van der Waals surface area contributed by atoms with E-state index in [-0.39, 0.29) is 34.4 Å². The highest BCUT2D eigenvalue weighted by Gasteiger charge is 2.20. The highest BCUT2D eigenvalue weighted by molar-refractivity contribution is 7.90. The molecule has 0 saturated carbocycles. The van der Waals surface area contributed by atoms with E-state index >= 15 is 0 Å². The van der Waals surface area contributed by atoms with Crippen molar-refractivity contribution in [2.45, 2.75) is 11.3 Å². The van der Waals surface area contributed by atoms with Crippen molar-refractivity contribution in [1.29, 1.82) is 0 Å². The Hall–Kier alpha value is -4.00. The molecule has 13 heteroatoms. The van der Waals surface area contributed by atoms with Gasteiger partial charge in [-0.2, -0.15) is 0 Å². The lowest BCUT2D eigenvalue weighted by molar-refractivity contribution is 0.0951. The summed E-state index contributed by atoms with van der Waals surface area (Å²) >= 11 is 5.86. The van der Waals surface area contributed by atoms with Gasteiger partial charge in [-0.25, -0.2) is 22.9 Å². The topological polar surface area (TPSA) is 153 Å². The maximum Gasteiger partial charge on any atom is 0.414 e. The van der Waals surface area contributed by atoms with Gasteiger partial charge in [0.1, 0.15) is 0 Å². The zero-order valence-corrected chi connectivity index (χ0v) is 21.8. The highest BCUT2D eigenvalue weighted by atomic mass is 35.5. The lowest BCUT2D eigenvalue weighted by atomic mass is 10.1. The second kappa shape index (κ2) is 13.5. The molecule has 0 fully saturated rings. The number of carbonyl (C=O) groups is 3. The molecule has 3 N–H and O–H groups in total. The van der Waals surface area contributed by atoms with Crippen molar-refractivity contribution in [2.75, 3.05) is 26.8 Å². The number of rotatable bonds is 11. The normalized spacial score (nSPS) is 10.9. The molecule has 1 aromatic heterocycles. The van der Waals surface area contributed by atoms with Crippen LogP contribution in [0, 0.1) is 0 Å². The molecular weight excluding hydrogens is 536 g/mol. The molecule has 0 aliphatic rings. The first kappa shape index (κ1) is 28.6. The third-order valence-electron chi connectivity index (χ3n) is 5.04. The van der Waals surface area contributed by atoms with Crippen molar-refractivity contribution in [3.8, 4) is 5.88 Å². The van der Waals surface area contributed by atoms with Crippen LogP contribution in [0.25, 0.3) is 0 Å². The largest absolute Gasteiger partial charge is 0.414 e. The van der Waals surface area contributed by atoms with E-state index in [2.05, 4.69) is 15.6 Å². The average Bonchev–Trinajstić information content (AvgIpc) is 2.90. The molecule has 0 atom stereocenters. The van der Waals surface area contributed by atoms with E-state index in [9.17, 15) is 22.8 Å². The summed E-state index contributed by atoms with van der Waals surface area (Å²) in [5.41, 5.74) is 1.20. The summed E-state index contributed by atoms with van der Waals surface area (Å²) in [5.74, 6) is -1.38. The fourth-order valence-electron chi connectivity index (χ4n) is 3.06. The standard InChI is InChI=1S/C25H25ClN4O7S/c1-36-15-14-28-25(33)37-22-11-6-19(16-29-22)24(32)30-38(34,35)21-9-4-18(5-10-21)23(31)27-13-12-17-2-7-20(26)8-3-17/h2-11,16H,12-15H2,1H3,(H,27,31)(H,28,33)(H,30,32). The summed E-state index contributed by atoms with van der Waals surface area (Å²) in [6.07, 6.45) is 0.915. The molecule has 0 bridgehead atoms. The predicted molar refractivity (Wildman–Crippen MR) is 139 cm³/mol. The van der Waals surface area contributed by atoms with Crippen LogP contribution in [0.5, 0.6) is 5.88 Å². The number of carbonyl (C=O) groups excluding carboxylic acids is 3. The van der Waals surface area contributed by atoms with Gasteiger partial charge in [0.25, 0.3) is 21.8 Å². The number of aromatic nitrogens is 1. The second-order valence-corrected chi connectivity index (χ2v) is 9.90. The summed E-state index contributed by atoms with van der Waals surface area (Å²) in [4.78, 5) is 40.1. The van der Waals surface area contributed by atoms with Crippen molar-refractivity contribution in [3.63, 3.8) is 0 Å².